The van der Waals surface area contributed by atoms with Gasteiger partial charge in [-0.25, -0.2) is 0 Å². The van der Waals surface area contributed by atoms with Crippen LogP contribution in [0, 0.1) is 0 Å². The number of carbonyl (C=O) groups is 2. The molecule has 0 aliphatic heterocycles. The van der Waals surface area contributed by atoms with Crippen LogP contribution in [-0.2, 0) is 14.3 Å². The van der Waals surface area contributed by atoms with E-state index in [1.165, 1.54) is 0 Å². The molecule has 36 heavy (non-hydrogen) atoms. The Morgan fingerprint density at radius 2 is 0.889 bits per heavy atom. The number of aliphatic carboxylic acids is 1. The molecule has 0 heterocycles. The molecule has 0 amide bonds. The Morgan fingerprint density at radius 1 is 0.556 bits per heavy atom. The average molecular weight is 602 g/mol. The average Bonchev–Trinajstić information content (AvgIpc) is 2.64. The van der Waals surface area contributed by atoms with Gasteiger partial charge in [0.2, 0.25) is 0 Å². The van der Waals surface area contributed by atoms with E-state index in [4.69, 9.17) is 0 Å². The van der Waals surface area contributed by atoms with Gasteiger partial charge in [0.05, 0.1) is 19.4 Å². The number of esters is 1. The van der Waals surface area contributed by atoms with Gasteiger partial charge >= 0.3 is 105 Å². The molecule has 0 aromatic carbocycles. The zero-order valence-corrected chi connectivity index (χ0v) is 20.0. The normalized spacial score (nSPS) is 14.8. The van der Waals surface area contributed by atoms with Gasteiger partial charge < -0.3 is 14.6 Å². The van der Waals surface area contributed by atoms with Crippen LogP contribution in [-0.4, -0.2) is 66.2 Å². The third-order valence-corrected chi connectivity index (χ3v) is 4.00. The van der Waals surface area contributed by atoms with Crippen LogP contribution in [0.5, 0.6) is 0 Å². The van der Waals surface area contributed by atoms with Crippen molar-refractivity contribution in [3.8, 4) is 0 Å². The molecule has 0 aromatic rings. The molecule has 0 atom stereocenters. The molecule has 0 spiro atoms. The molecule has 0 saturated heterocycles. The number of hydrogen-bond acceptors (Lipinski definition) is 4. The fraction of sp³-hybridized carbons (Fsp3) is 0.857. The standard InChI is InChI=1S/C14H9F17O4.K/c15-7(16,3-4-35-6(34)2-1-5(32)33)8(17,18)9(19,20)10(21,22)11(23,24)12(25,26)13(27,28)14(29,30)31;/h1-4H2,(H,32,33);/q;+1/p-1. The fourth-order valence-corrected chi connectivity index (χ4v) is 1.92. The molecule has 0 aromatic heterocycles. The quantitative estimate of drug-likeness (QED) is 0.193. The van der Waals surface area contributed by atoms with E-state index in [1.54, 1.807) is 0 Å². The molecule has 4 nitrogen and oxygen atoms in total. The third-order valence-electron chi connectivity index (χ3n) is 4.00. The number of carbonyl (C=O) groups excluding carboxylic acids is 2. The van der Waals surface area contributed by atoms with E-state index < -0.39 is 85.4 Å². The number of alkyl halides is 17. The Bertz CT molecular complexity index is 793. The Morgan fingerprint density at radius 3 is 1.22 bits per heavy atom. The summed E-state index contributed by atoms with van der Waals surface area (Å²) in [6.45, 7) is -2.13. The maximum Gasteiger partial charge on any atom is 1.00 e. The SMILES string of the molecule is O=C([O-])CCC(=O)OCCC(F)(F)C(F)(F)C(F)(F)C(F)(F)C(F)(F)C(F)(F)C(F)(F)C(F)(F)F.[K+]. The smallest absolute Gasteiger partial charge is 0.550 e. The van der Waals surface area contributed by atoms with Gasteiger partial charge in [-0.1, -0.05) is 0 Å². The number of ether oxygens (including phenoxy) is 1. The van der Waals surface area contributed by atoms with E-state index in [1.807, 2.05) is 0 Å². The molecule has 0 aliphatic carbocycles. The molecule has 208 valence electrons. The Balaban J connectivity index is 0. The zero-order valence-electron chi connectivity index (χ0n) is 16.9. The predicted molar refractivity (Wildman–Crippen MR) is 70.5 cm³/mol. The summed E-state index contributed by atoms with van der Waals surface area (Å²) in [5, 5.41) is 10.0. The summed E-state index contributed by atoms with van der Waals surface area (Å²) in [6, 6.07) is 0. The molecule has 0 aliphatic rings. The van der Waals surface area contributed by atoms with Crippen LogP contribution in [0.3, 0.4) is 0 Å². The van der Waals surface area contributed by atoms with Crippen LogP contribution in [0.1, 0.15) is 19.3 Å². The maximum absolute atomic E-state index is 13.5. The minimum atomic E-state index is -8.72. The van der Waals surface area contributed by atoms with Crippen LogP contribution in [0.25, 0.3) is 0 Å². The second-order valence-corrected chi connectivity index (χ2v) is 6.49. The van der Waals surface area contributed by atoms with Gasteiger partial charge in [-0.3, -0.25) is 4.79 Å². The third kappa shape index (κ3) is 6.33. The summed E-state index contributed by atoms with van der Waals surface area (Å²) in [5.74, 6) is -61.0. The minimum absolute atomic E-state index is 0. The second-order valence-electron chi connectivity index (χ2n) is 6.49. The first-order chi connectivity index (χ1) is 15.1. The largest absolute Gasteiger partial charge is 1.00 e. The van der Waals surface area contributed by atoms with Gasteiger partial charge in [-0.15, -0.1) is 0 Å². The van der Waals surface area contributed by atoms with Crippen molar-refractivity contribution < 1.29 is 145 Å². The zero-order chi connectivity index (χ0) is 28.7. The molecule has 0 unspecified atom stereocenters. The van der Waals surface area contributed by atoms with Crippen molar-refractivity contribution in [2.24, 2.45) is 0 Å². The van der Waals surface area contributed by atoms with E-state index in [0.29, 0.717) is 0 Å². The molecule has 0 bridgehead atoms. The van der Waals surface area contributed by atoms with Gasteiger partial charge in [0.1, 0.15) is 0 Å². The van der Waals surface area contributed by atoms with Crippen molar-refractivity contribution in [1.29, 1.82) is 0 Å². The summed E-state index contributed by atoms with van der Waals surface area (Å²) in [6.07, 6.45) is -13.1. The Kier molecular flexibility index (Phi) is 11.7. The number of halogens is 17. The topological polar surface area (TPSA) is 66.4 Å². The summed E-state index contributed by atoms with van der Waals surface area (Å²) in [4.78, 5) is 20.9. The Hall–Kier alpha value is -0.614. The van der Waals surface area contributed by atoms with Crippen molar-refractivity contribution in [3.05, 3.63) is 0 Å². The fourth-order valence-electron chi connectivity index (χ4n) is 1.92. The maximum atomic E-state index is 13.5. The summed E-state index contributed by atoms with van der Waals surface area (Å²) in [7, 11) is 0. The van der Waals surface area contributed by atoms with Crippen molar-refractivity contribution in [3.63, 3.8) is 0 Å². The number of carboxylic acids is 1. The van der Waals surface area contributed by atoms with E-state index in [9.17, 15) is 89.3 Å². The van der Waals surface area contributed by atoms with Gasteiger partial charge in [0.25, 0.3) is 0 Å². The van der Waals surface area contributed by atoms with Gasteiger partial charge in [-0.05, 0) is 6.42 Å². The van der Waals surface area contributed by atoms with Crippen LogP contribution in [0.4, 0.5) is 74.6 Å². The summed E-state index contributed by atoms with van der Waals surface area (Å²) >= 11 is 0. The summed E-state index contributed by atoms with van der Waals surface area (Å²) < 4.78 is 225. The first-order valence-electron chi connectivity index (χ1n) is 8.13. The van der Waals surface area contributed by atoms with E-state index in [0.717, 1.165) is 0 Å². The van der Waals surface area contributed by atoms with Crippen LogP contribution < -0.4 is 56.5 Å². The number of rotatable bonds is 12. The Labute approximate surface area is 229 Å². The van der Waals surface area contributed by atoms with Crippen LogP contribution in [0.2, 0.25) is 0 Å². The van der Waals surface area contributed by atoms with Gasteiger partial charge in [0.15, 0.2) is 0 Å². The molecule has 0 N–H and O–H groups in total. The minimum Gasteiger partial charge on any atom is -0.550 e. The van der Waals surface area contributed by atoms with Crippen molar-refractivity contribution in [2.45, 2.75) is 66.9 Å². The van der Waals surface area contributed by atoms with Crippen molar-refractivity contribution in [1.82, 2.24) is 0 Å². The van der Waals surface area contributed by atoms with Crippen molar-refractivity contribution in [2.75, 3.05) is 6.61 Å². The molecular weight excluding hydrogens is 594 g/mol. The number of hydrogen-bond donors (Lipinski definition) is 0. The van der Waals surface area contributed by atoms with Gasteiger partial charge in [-0.2, -0.15) is 74.6 Å². The van der Waals surface area contributed by atoms with Crippen LogP contribution in [0.15, 0.2) is 0 Å². The van der Waals surface area contributed by atoms with Crippen molar-refractivity contribution >= 4 is 11.9 Å². The van der Waals surface area contributed by atoms with Gasteiger partial charge in [0, 0.05) is 5.97 Å². The van der Waals surface area contributed by atoms with Crippen LogP contribution >= 0.6 is 0 Å². The monoisotopic (exact) mass is 602 g/mol. The molecule has 22 heteroatoms. The molecule has 0 saturated carbocycles. The van der Waals surface area contributed by atoms with E-state index in [2.05, 4.69) is 4.74 Å². The first kappa shape index (κ1) is 37.5. The second kappa shape index (κ2) is 11.2. The molecular formula is C14H8F17KO4. The molecule has 0 rings (SSSR count). The van der Waals surface area contributed by atoms with E-state index >= 15 is 0 Å². The molecule has 0 radical (unpaired) electrons. The number of carboxylic acid groups (broad SMARTS) is 1. The predicted octanol–water partition coefficient (Wildman–Crippen LogP) is 1.46. The molecule has 0 fully saturated rings. The van der Waals surface area contributed by atoms with E-state index in [-0.39, 0.29) is 51.4 Å². The first-order valence-corrected chi connectivity index (χ1v) is 8.13. The summed E-state index contributed by atoms with van der Waals surface area (Å²) in [5.41, 5.74) is 0.